The van der Waals surface area contributed by atoms with Crippen LogP contribution in [0.1, 0.15) is 25.7 Å². The molecular weight excluding hydrogens is 472 g/mol. The van der Waals surface area contributed by atoms with Crippen molar-refractivity contribution in [3.63, 3.8) is 0 Å². The van der Waals surface area contributed by atoms with Crippen molar-refractivity contribution >= 4 is 26.7 Å². The van der Waals surface area contributed by atoms with Crippen LogP contribution in [-0.2, 0) is 14.8 Å². The van der Waals surface area contributed by atoms with Crippen molar-refractivity contribution in [3.05, 3.63) is 43.1 Å². The van der Waals surface area contributed by atoms with Crippen molar-refractivity contribution in [2.24, 2.45) is 5.92 Å². The summed E-state index contributed by atoms with van der Waals surface area (Å²) < 4.78 is 38.4. The second-order valence-electron chi connectivity index (χ2n) is 9.48. The third-order valence-electron chi connectivity index (χ3n) is 7.05. The van der Waals surface area contributed by atoms with Gasteiger partial charge in [0.1, 0.15) is 18.1 Å². The molecule has 1 unspecified atom stereocenters. The van der Waals surface area contributed by atoms with Crippen LogP contribution >= 0.6 is 0 Å². The number of ether oxygens (including phenoxy) is 2. The molecular formula is C24H30N4O6S. The first-order valence-corrected chi connectivity index (χ1v) is 13.3. The van der Waals surface area contributed by atoms with E-state index in [4.69, 9.17) is 9.47 Å². The number of aliphatic hydroxyl groups is 1. The normalized spacial score (nSPS) is 28.9. The van der Waals surface area contributed by atoms with Crippen molar-refractivity contribution in [2.75, 3.05) is 13.7 Å². The molecule has 0 spiro atoms. The van der Waals surface area contributed by atoms with E-state index in [1.54, 1.807) is 19.4 Å². The van der Waals surface area contributed by atoms with Gasteiger partial charge in [0.15, 0.2) is 0 Å². The predicted octanol–water partition coefficient (Wildman–Crippen LogP) is 0.814. The molecule has 3 fully saturated rings. The number of aromatic nitrogens is 1. The summed E-state index contributed by atoms with van der Waals surface area (Å²) in [6.45, 7) is 4.20. The molecule has 2 heterocycles. The number of hydrogen-bond acceptors (Lipinski definition) is 8. The molecule has 11 heteroatoms. The number of amides is 1. The molecule has 3 aliphatic rings. The van der Waals surface area contributed by atoms with Gasteiger partial charge in [-0.15, -0.1) is 6.58 Å². The molecule has 1 aromatic heterocycles. The number of benzene rings is 1. The Balaban J connectivity index is 1.23. The zero-order chi connectivity index (χ0) is 24.8. The molecule has 2 saturated carbocycles. The predicted molar refractivity (Wildman–Crippen MR) is 129 cm³/mol. The standard InChI is InChI=1S/C24H30N4O6S/c1-3-15-12-24(15,23(30)28-35(31,32)18-5-6-18)27-21(29)20-11-17(13-26-20)34-22-19-7-4-16(33-2)10-14(19)8-9-25-22/h3-4,7-10,15,17-18,20,23,26,28,30H,1,5-6,11-13H2,2H3,(H,27,29)/t15-,17-,20+,23?,24-/m1/s1. The maximum Gasteiger partial charge on any atom is 0.237 e. The summed E-state index contributed by atoms with van der Waals surface area (Å²) in [5.41, 5.74) is -1.10. The number of rotatable bonds is 10. The van der Waals surface area contributed by atoms with Gasteiger partial charge in [0.05, 0.1) is 23.9 Å². The molecule has 0 bridgehead atoms. The number of sulfonamides is 1. The number of fused-ring (bicyclic) bond motifs is 1. The molecule has 10 nitrogen and oxygen atoms in total. The largest absolute Gasteiger partial charge is 0.497 e. The lowest BCUT2D eigenvalue weighted by molar-refractivity contribution is -0.125. The first kappa shape index (κ1) is 24.0. The Morgan fingerprint density at radius 3 is 2.86 bits per heavy atom. The number of carbonyl (C=O) groups is 1. The Morgan fingerprint density at radius 2 is 2.17 bits per heavy atom. The molecule has 2 aliphatic carbocycles. The van der Waals surface area contributed by atoms with E-state index in [-0.39, 0.29) is 17.9 Å². The maximum atomic E-state index is 13.1. The number of aliphatic hydroxyl groups excluding tert-OH is 1. The van der Waals surface area contributed by atoms with Crippen LogP contribution in [-0.4, -0.2) is 67.2 Å². The quantitative estimate of drug-likeness (QED) is 0.277. The average Bonchev–Trinajstić information content (AvgIpc) is 3.76. The third-order valence-corrected chi connectivity index (χ3v) is 8.95. The maximum absolute atomic E-state index is 13.1. The fourth-order valence-electron chi connectivity index (χ4n) is 4.68. The fraction of sp³-hybridized carbons (Fsp3) is 0.500. The van der Waals surface area contributed by atoms with Gasteiger partial charge in [-0.1, -0.05) is 6.08 Å². The van der Waals surface area contributed by atoms with Crippen molar-refractivity contribution in [1.29, 1.82) is 0 Å². The van der Waals surface area contributed by atoms with E-state index >= 15 is 0 Å². The molecule has 188 valence electrons. The van der Waals surface area contributed by atoms with E-state index in [1.165, 1.54) is 0 Å². The summed E-state index contributed by atoms with van der Waals surface area (Å²) in [6, 6.07) is 6.96. The van der Waals surface area contributed by atoms with Gasteiger partial charge in [-0.3, -0.25) is 4.79 Å². The van der Waals surface area contributed by atoms with E-state index < -0.39 is 33.1 Å². The highest BCUT2D eigenvalue weighted by Crippen LogP contribution is 2.47. The van der Waals surface area contributed by atoms with Crippen LogP contribution in [0.3, 0.4) is 0 Å². The lowest BCUT2D eigenvalue weighted by Crippen LogP contribution is -2.58. The molecule has 5 rings (SSSR count). The van der Waals surface area contributed by atoms with Gasteiger partial charge in [0, 0.05) is 30.5 Å². The van der Waals surface area contributed by atoms with Crippen LogP contribution in [0.4, 0.5) is 0 Å². The van der Waals surface area contributed by atoms with E-state index in [2.05, 4.69) is 26.9 Å². The Morgan fingerprint density at radius 1 is 1.37 bits per heavy atom. The van der Waals surface area contributed by atoms with Gasteiger partial charge >= 0.3 is 0 Å². The first-order chi connectivity index (χ1) is 16.8. The summed E-state index contributed by atoms with van der Waals surface area (Å²) in [4.78, 5) is 17.4. The number of pyridine rings is 1. The second kappa shape index (κ2) is 9.05. The summed E-state index contributed by atoms with van der Waals surface area (Å²) in [6.07, 6.45) is 3.56. The molecule has 1 saturated heterocycles. The van der Waals surface area contributed by atoms with Gasteiger partial charge in [-0.25, -0.2) is 13.4 Å². The lowest BCUT2D eigenvalue weighted by atomic mass is 10.1. The Bertz CT molecular complexity index is 1250. The molecule has 1 amide bonds. The molecule has 35 heavy (non-hydrogen) atoms. The summed E-state index contributed by atoms with van der Waals surface area (Å²) in [5.74, 6) is 0.671. The monoisotopic (exact) mass is 502 g/mol. The molecule has 2 aromatic rings. The smallest absolute Gasteiger partial charge is 0.237 e. The van der Waals surface area contributed by atoms with Gasteiger partial charge in [0.2, 0.25) is 21.8 Å². The molecule has 0 radical (unpaired) electrons. The van der Waals surface area contributed by atoms with Crippen LogP contribution in [0.5, 0.6) is 11.6 Å². The molecule has 4 N–H and O–H groups in total. The van der Waals surface area contributed by atoms with Crippen molar-refractivity contribution < 1.29 is 27.8 Å². The Labute approximate surface area is 204 Å². The zero-order valence-electron chi connectivity index (χ0n) is 19.4. The van der Waals surface area contributed by atoms with E-state index in [9.17, 15) is 18.3 Å². The van der Waals surface area contributed by atoms with Crippen LogP contribution in [0, 0.1) is 5.92 Å². The van der Waals surface area contributed by atoms with Crippen LogP contribution in [0.25, 0.3) is 10.8 Å². The number of carbonyl (C=O) groups excluding carboxylic acids is 1. The Kier molecular flexibility index (Phi) is 6.20. The number of methoxy groups -OCH3 is 1. The lowest BCUT2D eigenvalue weighted by Gasteiger charge is -2.27. The SMILES string of the molecule is C=C[C@@H]1C[C@]1(NC(=O)[C@@H]1C[C@@H](Oc2nccc3cc(OC)ccc23)CN1)C(O)NS(=O)(=O)C1CC1. The minimum absolute atomic E-state index is 0.228. The minimum atomic E-state index is -3.62. The van der Waals surface area contributed by atoms with Gasteiger partial charge in [-0.2, -0.15) is 4.72 Å². The summed E-state index contributed by atoms with van der Waals surface area (Å²) in [5, 5.41) is 18.1. The van der Waals surface area contributed by atoms with E-state index in [1.807, 2.05) is 24.3 Å². The van der Waals surface area contributed by atoms with E-state index in [0.29, 0.717) is 38.1 Å². The summed E-state index contributed by atoms with van der Waals surface area (Å²) in [7, 11) is -2.01. The first-order valence-electron chi connectivity index (χ1n) is 11.7. The zero-order valence-corrected chi connectivity index (χ0v) is 20.3. The number of hydrogen-bond donors (Lipinski definition) is 4. The van der Waals surface area contributed by atoms with Crippen molar-refractivity contribution in [2.45, 2.75) is 54.8 Å². The third kappa shape index (κ3) is 4.73. The Hall–Kier alpha value is -2.73. The number of nitrogens with one attached hydrogen (secondary N) is 3. The number of nitrogens with zero attached hydrogens (tertiary/aromatic N) is 1. The van der Waals surface area contributed by atoms with Gasteiger partial charge < -0.3 is 25.2 Å². The van der Waals surface area contributed by atoms with Crippen LogP contribution < -0.4 is 24.8 Å². The fourth-order valence-corrected chi connectivity index (χ4v) is 6.15. The highest BCUT2D eigenvalue weighted by atomic mass is 32.2. The second-order valence-corrected chi connectivity index (χ2v) is 11.5. The molecule has 1 aromatic carbocycles. The van der Waals surface area contributed by atoms with Crippen LogP contribution in [0.15, 0.2) is 43.1 Å². The average molecular weight is 503 g/mol. The molecule has 1 aliphatic heterocycles. The molecule has 5 atom stereocenters. The topological polar surface area (TPSA) is 139 Å². The van der Waals surface area contributed by atoms with Gasteiger partial charge in [-0.05, 0) is 48.9 Å². The van der Waals surface area contributed by atoms with Crippen molar-refractivity contribution in [1.82, 2.24) is 20.3 Å². The summed E-state index contributed by atoms with van der Waals surface area (Å²) >= 11 is 0. The van der Waals surface area contributed by atoms with Crippen molar-refractivity contribution in [3.8, 4) is 11.6 Å². The highest BCUT2D eigenvalue weighted by Gasteiger charge is 2.60. The van der Waals surface area contributed by atoms with Crippen LogP contribution in [0.2, 0.25) is 0 Å². The highest BCUT2D eigenvalue weighted by molar-refractivity contribution is 7.90. The minimum Gasteiger partial charge on any atom is -0.497 e. The van der Waals surface area contributed by atoms with E-state index in [0.717, 1.165) is 16.5 Å². The van der Waals surface area contributed by atoms with Gasteiger partial charge in [0.25, 0.3) is 0 Å².